The molecule has 0 aliphatic carbocycles. The molecule has 5 unspecified atom stereocenters. The van der Waals surface area contributed by atoms with Crippen molar-refractivity contribution >= 4 is 47.4 Å². The number of hydrogen-bond donors (Lipinski definition) is 8. The van der Waals surface area contributed by atoms with Crippen molar-refractivity contribution in [1.82, 2.24) is 16.0 Å². The molecule has 0 radical (unpaired) electrons. The third-order valence-electron chi connectivity index (χ3n) is 4.03. The number of aliphatic hydroxyl groups is 1. The van der Waals surface area contributed by atoms with E-state index in [9.17, 15) is 33.9 Å². The van der Waals surface area contributed by atoms with Crippen LogP contribution >= 0.6 is 11.8 Å². The highest BCUT2D eigenvalue weighted by atomic mass is 32.2. The van der Waals surface area contributed by atoms with E-state index in [1.54, 1.807) is 6.26 Å². The summed E-state index contributed by atoms with van der Waals surface area (Å²) in [5.41, 5.74) is 5.41. The van der Waals surface area contributed by atoms with Gasteiger partial charge in [0.05, 0.1) is 25.0 Å². The molecule has 0 aromatic carbocycles. The standard InChI is InChI=1S/C17H28N4O10S/c1-7(22)13(17(30)31)21-15(28)9(3-4-32-2)19-16(29)10(6-12(25)26)20-14(27)8(18)5-11(23)24/h7-10,13,22H,3-6,18H2,1-2H3,(H,19,29)(H,20,27)(H,21,28)(H,23,24)(H,25,26)(H,30,31). The quantitative estimate of drug-likeness (QED) is 0.116. The van der Waals surface area contributed by atoms with Crippen LogP contribution in [0.3, 0.4) is 0 Å². The molecule has 3 amide bonds. The van der Waals surface area contributed by atoms with Gasteiger partial charge in [0.25, 0.3) is 0 Å². The molecule has 0 aromatic heterocycles. The van der Waals surface area contributed by atoms with Crippen molar-refractivity contribution in [3.63, 3.8) is 0 Å². The predicted molar refractivity (Wildman–Crippen MR) is 111 cm³/mol. The maximum absolute atomic E-state index is 12.6. The van der Waals surface area contributed by atoms with Gasteiger partial charge in [-0.25, -0.2) is 4.79 Å². The summed E-state index contributed by atoms with van der Waals surface area (Å²) in [5, 5.41) is 42.7. The monoisotopic (exact) mass is 480 g/mol. The molecule has 15 heteroatoms. The van der Waals surface area contributed by atoms with Gasteiger partial charge in [-0.05, 0) is 25.4 Å². The zero-order valence-electron chi connectivity index (χ0n) is 17.4. The first kappa shape index (κ1) is 29.1. The van der Waals surface area contributed by atoms with Crippen LogP contribution < -0.4 is 21.7 Å². The Morgan fingerprint density at radius 2 is 1.34 bits per heavy atom. The van der Waals surface area contributed by atoms with Gasteiger partial charge in [-0.3, -0.25) is 24.0 Å². The molecule has 0 heterocycles. The summed E-state index contributed by atoms with van der Waals surface area (Å²) in [5.74, 6) is -7.11. The second-order valence-electron chi connectivity index (χ2n) is 6.77. The van der Waals surface area contributed by atoms with Gasteiger partial charge < -0.3 is 42.1 Å². The lowest BCUT2D eigenvalue weighted by molar-refractivity contribution is -0.145. The Kier molecular flexibility index (Phi) is 12.9. The van der Waals surface area contributed by atoms with Crippen LogP contribution in [0, 0.1) is 0 Å². The third kappa shape index (κ3) is 10.9. The number of thioether (sulfide) groups is 1. The maximum atomic E-state index is 12.6. The number of aliphatic hydroxyl groups excluding tert-OH is 1. The number of rotatable bonds is 15. The molecule has 0 aliphatic heterocycles. The molecule has 9 N–H and O–H groups in total. The van der Waals surface area contributed by atoms with Gasteiger partial charge in [0, 0.05) is 0 Å². The molecular formula is C17H28N4O10S. The lowest BCUT2D eigenvalue weighted by Crippen LogP contribution is -2.58. The van der Waals surface area contributed by atoms with Gasteiger partial charge in [-0.1, -0.05) is 0 Å². The van der Waals surface area contributed by atoms with E-state index < -0.39 is 78.7 Å². The second kappa shape index (κ2) is 14.2. The molecule has 0 bridgehead atoms. The lowest BCUT2D eigenvalue weighted by Gasteiger charge is -2.25. The Morgan fingerprint density at radius 3 is 1.78 bits per heavy atom. The van der Waals surface area contributed by atoms with Gasteiger partial charge in [-0.2, -0.15) is 11.8 Å². The molecule has 0 fully saturated rings. The Labute approximate surface area is 187 Å². The average Bonchev–Trinajstić information content (AvgIpc) is 2.66. The van der Waals surface area contributed by atoms with Crippen molar-refractivity contribution in [2.75, 3.05) is 12.0 Å². The number of carbonyl (C=O) groups excluding carboxylic acids is 3. The Balaban J connectivity index is 5.48. The molecule has 0 rings (SSSR count). The first-order chi connectivity index (χ1) is 14.8. The summed E-state index contributed by atoms with van der Waals surface area (Å²) in [6, 6.07) is -6.19. The van der Waals surface area contributed by atoms with Gasteiger partial charge >= 0.3 is 17.9 Å². The molecular weight excluding hydrogens is 452 g/mol. The number of aliphatic carboxylic acids is 3. The maximum Gasteiger partial charge on any atom is 0.328 e. The van der Waals surface area contributed by atoms with Crippen molar-refractivity contribution in [3.05, 3.63) is 0 Å². The van der Waals surface area contributed by atoms with Crippen LogP contribution in [0.1, 0.15) is 26.2 Å². The highest BCUT2D eigenvalue weighted by Crippen LogP contribution is 2.05. The van der Waals surface area contributed by atoms with Crippen LogP contribution in [-0.4, -0.2) is 98.3 Å². The zero-order valence-corrected chi connectivity index (χ0v) is 18.3. The first-order valence-corrected chi connectivity index (χ1v) is 10.7. The van der Waals surface area contributed by atoms with Crippen LogP contribution in [0.25, 0.3) is 0 Å². The number of carboxylic acid groups (broad SMARTS) is 3. The molecule has 182 valence electrons. The van der Waals surface area contributed by atoms with Crippen LogP contribution in [0.4, 0.5) is 0 Å². The molecule has 14 nitrogen and oxygen atoms in total. The van der Waals surface area contributed by atoms with Gasteiger partial charge in [0.1, 0.15) is 12.1 Å². The molecule has 0 saturated heterocycles. The van der Waals surface area contributed by atoms with Gasteiger partial charge in [-0.15, -0.1) is 0 Å². The smallest absolute Gasteiger partial charge is 0.328 e. The van der Waals surface area contributed by atoms with Crippen LogP contribution in [0.2, 0.25) is 0 Å². The lowest BCUT2D eigenvalue weighted by atomic mass is 10.1. The Hall–Kier alpha value is -2.91. The minimum Gasteiger partial charge on any atom is -0.481 e. The molecule has 5 atom stereocenters. The van der Waals surface area contributed by atoms with Gasteiger partial charge in [0.15, 0.2) is 6.04 Å². The van der Waals surface area contributed by atoms with Crippen molar-refractivity contribution < 1.29 is 49.2 Å². The molecule has 0 spiro atoms. The summed E-state index contributed by atoms with van der Waals surface area (Å²) in [4.78, 5) is 70.1. The molecule has 0 saturated carbocycles. The second-order valence-corrected chi connectivity index (χ2v) is 7.76. The van der Waals surface area contributed by atoms with E-state index in [2.05, 4.69) is 10.6 Å². The fourth-order valence-electron chi connectivity index (χ4n) is 2.36. The number of amides is 3. The van der Waals surface area contributed by atoms with Crippen molar-refractivity contribution in [2.24, 2.45) is 5.73 Å². The minimum atomic E-state index is -1.68. The predicted octanol–water partition coefficient (Wildman–Crippen LogP) is -3.06. The fourth-order valence-corrected chi connectivity index (χ4v) is 2.83. The zero-order chi connectivity index (χ0) is 25.0. The SMILES string of the molecule is CSCCC(NC(=O)C(CC(=O)O)NC(=O)C(N)CC(=O)O)C(=O)NC(C(=O)O)C(C)O. The average molecular weight is 480 g/mol. The van der Waals surface area contributed by atoms with Crippen LogP contribution in [0.15, 0.2) is 0 Å². The summed E-state index contributed by atoms with van der Waals surface area (Å²) in [6.07, 6.45) is -1.36. The number of carboxylic acids is 3. The largest absolute Gasteiger partial charge is 0.481 e. The number of hydrogen-bond acceptors (Lipinski definition) is 9. The van der Waals surface area contributed by atoms with E-state index in [0.29, 0.717) is 5.75 Å². The van der Waals surface area contributed by atoms with E-state index in [4.69, 9.17) is 21.1 Å². The Morgan fingerprint density at radius 1 is 0.844 bits per heavy atom. The highest BCUT2D eigenvalue weighted by molar-refractivity contribution is 7.98. The normalized spacial score (nSPS) is 15.4. The van der Waals surface area contributed by atoms with E-state index in [1.165, 1.54) is 11.8 Å². The summed E-state index contributed by atoms with van der Waals surface area (Å²) < 4.78 is 0. The summed E-state index contributed by atoms with van der Waals surface area (Å²) in [6.45, 7) is 1.15. The molecule has 0 aromatic rings. The third-order valence-corrected chi connectivity index (χ3v) is 4.68. The minimum absolute atomic E-state index is 0.0250. The van der Waals surface area contributed by atoms with Crippen LogP contribution in [-0.2, 0) is 28.8 Å². The van der Waals surface area contributed by atoms with Gasteiger partial charge in [0.2, 0.25) is 17.7 Å². The molecule has 0 aliphatic rings. The fraction of sp³-hybridized carbons (Fsp3) is 0.647. The first-order valence-electron chi connectivity index (χ1n) is 9.30. The number of carbonyl (C=O) groups is 6. The molecule has 32 heavy (non-hydrogen) atoms. The van der Waals surface area contributed by atoms with E-state index in [0.717, 1.165) is 6.92 Å². The number of nitrogens with one attached hydrogen (secondary N) is 3. The van der Waals surface area contributed by atoms with Crippen molar-refractivity contribution in [1.29, 1.82) is 0 Å². The van der Waals surface area contributed by atoms with Crippen molar-refractivity contribution in [3.8, 4) is 0 Å². The van der Waals surface area contributed by atoms with E-state index in [1.807, 2.05) is 5.32 Å². The van der Waals surface area contributed by atoms with Crippen LogP contribution in [0.5, 0.6) is 0 Å². The topological polar surface area (TPSA) is 245 Å². The van der Waals surface area contributed by atoms with E-state index in [-0.39, 0.29) is 6.42 Å². The summed E-state index contributed by atoms with van der Waals surface area (Å²) >= 11 is 1.31. The van der Waals surface area contributed by atoms with E-state index >= 15 is 0 Å². The number of nitrogens with two attached hydrogens (primary N) is 1. The Bertz CT molecular complexity index is 717. The highest BCUT2D eigenvalue weighted by Gasteiger charge is 2.32. The van der Waals surface area contributed by atoms with Crippen molar-refractivity contribution in [2.45, 2.75) is 56.5 Å². The summed E-state index contributed by atoms with van der Waals surface area (Å²) in [7, 11) is 0.